The van der Waals surface area contributed by atoms with Crippen LogP contribution >= 0.6 is 23.2 Å². The van der Waals surface area contributed by atoms with Crippen molar-refractivity contribution in [1.82, 2.24) is 5.32 Å². The summed E-state index contributed by atoms with van der Waals surface area (Å²) in [6.07, 6.45) is 0. The van der Waals surface area contributed by atoms with Gasteiger partial charge in [0.15, 0.2) is 0 Å². The van der Waals surface area contributed by atoms with Gasteiger partial charge in [-0.2, -0.15) is 5.26 Å². The fourth-order valence-electron chi connectivity index (χ4n) is 1.75. The summed E-state index contributed by atoms with van der Waals surface area (Å²) >= 11 is 11.8. The molecule has 0 aliphatic heterocycles. The minimum absolute atomic E-state index is 0.407. The van der Waals surface area contributed by atoms with Gasteiger partial charge in [-0.05, 0) is 23.3 Å². The van der Waals surface area contributed by atoms with E-state index in [0.29, 0.717) is 16.6 Å². The fourth-order valence-corrected chi connectivity index (χ4v) is 2.05. The second-order valence-electron chi connectivity index (χ2n) is 4.10. The van der Waals surface area contributed by atoms with Crippen LogP contribution in [0.3, 0.4) is 0 Å². The molecule has 0 unspecified atom stereocenters. The van der Waals surface area contributed by atoms with Gasteiger partial charge < -0.3 is 0 Å². The van der Waals surface area contributed by atoms with Crippen molar-refractivity contribution in [1.29, 1.82) is 5.26 Å². The Bertz CT molecular complexity index is 591. The lowest BCUT2D eigenvalue weighted by Crippen LogP contribution is -2.19. The lowest BCUT2D eigenvalue weighted by atomic mass is 10.1. The first-order valence-corrected chi connectivity index (χ1v) is 6.58. The molecule has 0 aromatic heterocycles. The average Bonchev–Trinajstić information content (AvgIpc) is 2.44. The summed E-state index contributed by atoms with van der Waals surface area (Å²) in [5.74, 6) is 0. The van der Waals surface area contributed by atoms with E-state index in [2.05, 4.69) is 11.4 Å². The maximum absolute atomic E-state index is 9.23. The molecule has 0 heterocycles. The lowest BCUT2D eigenvalue weighted by molar-refractivity contribution is 0.630. The highest BCUT2D eigenvalue weighted by Gasteiger charge is 2.11. The van der Waals surface area contributed by atoms with Gasteiger partial charge in [0.2, 0.25) is 0 Å². The van der Waals surface area contributed by atoms with Gasteiger partial charge in [-0.3, -0.25) is 5.32 Å². The molecule has 0 bridgehead atoms. The number of nitrogens with zero attached hydrogens (tertiary/aromatic N) is 1. The van der Waals surface area contributed by atoms with Crippen molar-refractivity contribution in [3.05, 3.63) is 69.7 Å². The molecule has 96 valence electrons. The van der Waals surface area contributed by atoms with Crippen molar-refractivity contribution >= 4 is 23.2 Å². The van der Waals surface area contributed by atoms with Crippen LogP contribution in [-0.2, 0) is 6.54 Å². The maximum atomic E-state index is 9.23. The predicted octanol–water partition coefficient (Wildman–Crippen LogP) is 4.35. The van der Waals surface area contributed by atoms with Gasteiger partial charge in [-0.15, -0.1) is 0 Å². The maximum Gasteiger partial charge on any atom is 0.121 e. The molecule has 2 aromatic rings. The zero-order chi connectivity index (χ0) is 13.7. The van der Waals surface area contributed by atoms with Gasteiger partial charge in [-0.25, -0.2) is 0 Å². The third-order valence-corrected chi connectivity index (χ3v) is 3.50. The molecular formula is C15H12Cl2N2. The Kier molecular flexibility index (Phi) is 4.81. The molecule has 0 saturated heterocycles. The largest absolute Gasteiger partial charge is 0.294 e. The van der Waals surface area contributed by atoms with Crippen LogP contribution in [-0.4, -0.2) is 0 Å². The number of hydrogen-bond donors (Lipinski definition) is 1. The van der Waals surface area contributed by atoms with Crippen LogP contribution in [0.1, 0.15) is 17.2 Å². The molecule has 2 nitrogen and oxygen atoms in total. The average molecular weight is 291 g/mol. The van der Waals surface area contributed by atoms with Gasteiger partial charge in [0.25, 0.3) is 0 Å². The summed E-state index contributed by atoms with van der Waals surface area (Å²) in [5.41, 5.74) is 1.94. The molecule has 19 heavy (non-hydrogen) atoms. The fraction of sp³-hybridized carbons (Fsp3) is 0.133. The second kappa shape index (κ2) is 6.58. The molecule has 0 saturated carbocycles. The summed E-state index contributed by atoms with van der Waals surface area (Å²) < 4.78 is 0. The molecule has 1 N–H and O–H groups in total. The van der Waals surface area contributed by atoms with Gasteiger partial charge in [0.1, 0.15) is 6.04 Å². The van der Waals surface area contributed by atoms with Gasteiger partial charge in [0.05, 0.1) is 16.1 Å². The Morgan fingerprint density at radius 3 is 2.42 bits per heavy atom. The van der Waals surface area contributed by atoms with E-state index >= 15 is 0 Å². The summed E-state index contributed by atoms with van der Waals surface area (Å²) in [5, 5.41) is 13.4. The highest BCUT2D eigenvalue weighted by atomic mass is 35.5. The Morgan fingerprint density at radius 2 is 1.79 bits per heavy atom. The summed E-state index contributed by atoms with van der Waals surface area (Å²) in [6.45, 7) is 0.624. The van der Waals surface area contributed by atoms with E-state index in [1.54, 1.807) is 18.2 Å². The number of rotatable bonds is 4. The first-order chi connectivity index (χ1) is 9.20. The predicted molar refractivity (Wildman–Crippen MR) is 78.1 cm³/mol. The normalized spacial score (nSPS) is 11.8. The highest BCUT2D eigenvalue weighted by Crippen LogP contribution is 2.25. The zero-order valence-corrected chi connectivity index (χ0v) is 11.6. The first-order valence-electron chi connectivity index (χ1n) is 5.82. The van der Waals surface area contributed by atoms with Crippen molar-refractivity contribution in [3.63, 3.8) is 0 Å². The Labute approximate surface area is 122 Å². The van der Waals surface area contributed by atoms with Crippen molar-refractivity contribution in [3.8, 4) is 6.07 Å². The molecule has 0 aliphatic rings. The van der Waals surface area contributed by atoms with Crippen LogP contribution in [0.15, 0.2) is 48.5 Å². The van der Waals surface area contributed by atoms with E-state index in [4.69, 9.17) is 23.2 Å². The lowest BCUT2D eigenvalue weighted by Gasteiger charge is -2.12. The van der Waals surface area contributed by atoms with Crippen molar-refractivity contribution < 1.29 is 0 Å². The van der Waals surface area contributed by atoms with Crippen LogP contribution in [0, 0.1) is 11.3 Å². The number of halogens is 2. The van der Waals surface area contributed by atoms with E-state index in [1.807, 2.05) is 30.3 Å². The molecular weight excluding hydrogens is 279 g/mol. The number of nitrogens with one attached hydrogen (secondary N) is 1. The van der Waals surface area contributed by atoms with Crippen molar-refractivity contribution in [2.45, 2.75) is 12.6 Å². The van der Waals surface area contributed by atoms with Crippen LogP contribution < -0.4 is 5.32 Å². The van der Waals surface area contributed by atoms with Gasteiger partial charge >= 0.3 is 0 Å². The Hall–Kier alpha value is -1.53. The molecule has 0 spiro atoms. The van der Waals surface area contributed by atoms with Crippen molar-refractivity contribution in [2.75, 3.05) is 0 Å². The Balaban J connectivity index is 2.08. The summed E-state index contributed by atoms with van der Waals surface area (Å²) in [7, 11) is 0. The van der Waals surface area contributed by atoms with Crippen LogP contribution in [0.25, 0.3) is 0 Å². The van der Waals surface area contributed by atoms with E-state index in [-0.39, 0.29) is 0 Å². The third-order valence-electron chi connectivity index (χ3n) is 2.76. The molecule has 4 heteroatoms. The Morgan fingerprint density at radius 1 is 1.05 bits per heavy atom. The smallest absolute Gasteiger partial charge is 0.121 e. The quantitative estimate of drug-likeness (QED) is 0.909. The topological polar surface area (TPSA) is 35.8 Å². The van der Waals surface area contributed by atoms with Crippen LogP contribution in [0.4, 0.5) is 0 Å². The van der Waals surface area contributed by atoms with Gasteiger partial charge in [0, 0.05) is 6.54 Å². The standard InChI is InChI=1S/C15H12Cl2N2/c16-13-7-6-12(8-14(13)17)15(9-18)19-10-11-4-2-1-3-5-11/h1-8,15,19H,10H2/t15-/m0/s1. The van der Waals surface area contributed by atoms with E-state index in [9.17, 15) is 5.26 Å². The molecule has 2 rings (SSSR count). The molecule has 0 amide bonds. The molecule has 0 aliphatic carbocycles. The second-order valence-corrected chi connectivity index (χ2v) is 4.92. The van der Waals surface area contributed by atoms with Gasteiger partial charge in [-0.1, -0.05) is 59.6 Å². The zero-order valence-electron chi connectivity index (χ0n) is 10.1. The highest BCUT2D eigenvalue weighted by molar-refractivity contribution is 6.42. The van der Waals surface area contributed by atoms with Crippen molar-refractivity contribution in [2.24, 2.45) is 0 Å². The first kappa shape index (κ1) is 13.9. The number of benzene rings is 2. The van der Waals surface area contributed by atoms with E-state index in [0.717, 1.165) is 11.1 Å². The molecule has 0 fully saturated rings. The van der Waals surface area contributed by atoms with E-state index in [1.165, 1.54) is 0 Å². The van der Waals surface area contributed by atoms with Crippen LogP contribution in [0.5, 0.6) is 0 Å². The number of nitriles is 1. The summed E-state index contributed by atoms with van der Waals surface area (Å²) in [6, 6.07) is 17.0. The van der Waals surface area contributed by atoms with E-state index < -0.39 is 6.04 Å². The summed E-state index contributed by atoms with van der Waals surface area (Å²) in [4.78, 5) is 0. The minimum atomic E-state index is -0.407. The van der Waals surface area contributed by atoms with Crippen LogP contribution in [0.2, 0.25) is 10.0 Å². The molecule has 2 aromatic carbocycles. The molecule has 0 radical (unpaired) electrons. The SMILES string of the molecule is N#C[C@H](NCc1ccccc1)c1ccc(Cl)c(Cl)c1. The molecule has 1 atom stereocenters. The third kappa shape index (κ3) is 3.71. The monoisotopic (exact) mass is 290 g/mol. The minimum Gasteiger partial charge on any atom is -0.294 e. The number of hydrogen-bond acceptors (Lipinski definition) is 2.